The Hall–Kier alpha value is -2.62. The molecule has 2 N–H and O–H groups in total. The van der Waals surface area contributed by atoms with Gasteiger partial charge in [-0.05, 0) is 50.1 Å². The average Bonchev–Trinajstić information content (AvgIpc) is 2.69. The van der Waals surface area contributed by atoms with Crippen molar-refractivity contribution in [3.8, 4) is 23.0 Å². The van der Waals surface area contributed by atoms with Gasteiger partial charge in [-0.15, -0.1) is 0 Å². The van der Waals surface area contributed by atoms with Gasteiger partial charge in [-0.1, -0.05) is 39.8 Å². The van der Waals surface area contributed by atoms with E-state index < -0.39 is 0 Å². The van der Waals surface area contributed by atoms with E-state index in [1.54, 1.807) is 12.1 Å². The first-order valence-corrected chi connectivity index (χ1v) is 10.1. The standard InChI is InChI=1S/C20H20O4.2C2H6/c1-20(2)8-7-16-18(24-20)6-3-12-9-13(11-23-19(12)16)15-5-4-14(21)10-17(15)22;2*1-2/h3-8,10,13,21-22H,9,11H2,1-2H3;2*1-2H3. The van der Waals surface area contributed by atoms with Gasteiger partial charge in [-0.25, -0.2) is 0 Å². The van der Waals surface area contributed by atoms with Crippen LogP contribution in [0.25, 0.3) is 6.08 Å². The largest absolute Gasteiger partial charge is 0.508 e. The number of hydrogen-bond acceptors (Lipinski definition) is 4. The van der Waals surface area contributed by atoms with Crippen molar-refractivity contribution in [1.82, 2.24) is 0 Å². The third-order valence-corrected chi connectivity index (χ3v) is 4.61. The minimum absolute atomic E-state index is 0.0566. The molecule has 0 bridgehead atoms. The van der Waals surface area contributed by atoms with E-state index in [1.807, 2.05) is 59.8 Å². The first kappa shape index (κ1) is 21.7. The Morgan fingerprint density at radius 3 is 2.39 bits per heavy atom. The smallest absolute Gasteiger partial charge is 0.133 e. The summed E-state index contributed by atoms with van der Waals surface area (Å²) in [4.78, 5) is 0. The number of benzene rings is 2. The van der Waals surface area contributed by atoms with Gasteiger partial charge in [0.2, 0.25) is 0 Å². The van der Waals surface area contributed by atoms with Crippen molar-refractivity contribution in [2.24, 2.45) is 0 Å². The lowest BCUT2D eigenvalue weighted by molar-refractivity contribution is 0.157. The summed E-state index contributed by atoms with van der Waals surface area (Å²) in [7, 11) is 0. The fraction of sp³-hybridized carbons (Fsp3) is 0.417. The summed E-state index contributed by atoms with van der Waals surface area (Å²) in [5.41, 5.74) is 2.57. The molecule has 0 aliphatic carbocycles. The molecule has 4 heteroatoms. The zero-order valence-corrected chi connectivity index (χ0v) is 17.7. The second kappa shape index (κ2) is 9.05. The number of fused-ring (bicyclic) bond motifs is 3. The van der Waals surface area contributed by atoms with E-state index in [0.717, 1.165) is 34.6 Å². The lowest BCUT2D eigenvalue weighted by atomic mass is 9.88. The van der Waals surface area contributed by atoms with Crippen molar-refractivity contribution < 1.29 is 19.7 Å². The molecule has 4 nitrogen and oxygen atoms in total. The molecule has 2 aliphatic rings. The van der Waals surface area contributed by atoms with Crippen molar-refractivity contribution in [1.29, 1.82) is 0 Å². The maximum atomic E-state index is 10.1. The Labute approximate surface area is 168 Å². The number of hydrogen-bond donors (Lipinski definition) is 2. The number of phenols is 2. The first-order valence-electron chi connectivity index (χ1n) is 10.1. The van der Waals surface area contributed by atoms with Gasteiger partial charge in [-0.2, -0.15) is 0 Å². The van der Waals surface area contributed by atoms with Crippen LogP contribution in [0.2, 0.25) is 0 Å². The van der Waals surface area contributed by atoms with Crippen LogP contribution in [-0.4, -0.2) is 22.4 Å². The van der Waals surface area contributed by atoms with Gasteiger partial charge in [0, 0.05) is 17.5 Å². The third-order valence-electron chi connectivity index (χ3n) is 4.61. The fourth-order valence-corrected chi connectivity index (χ4v) is 3.39. The second-order valence-electron chi connectivity index (χ2n) is 6.96. The Morgan fingerprint density at radius 1 is 1.00 bits per heavy atom. The number of aromatic hydroxyl groups is 2. The maximum absolute atomic E-state index is 10.1. The minimum Gasteiger partial charge on any atom is -0.508 e. The molecule has 152 valence electrons. The molecule has 0 fully saturated rings. The monoisotopic (exact) mass is 384 g/mol. The van der Waals surface area contributed by atoms with Crippen LogP contribution < -0.4 is 9.47 Å². The molecule has 0 spiro atoms. The van der Waals surface area contributed by atoms with Crippen molar-refractivity contribution >= 4 is 6.08 Å². The molecule has 0 saturated carbocycles. The summed E-state index contributed by atoms with van der Waals surface area (Å²) in [6.07, 6.45) is 4.88. The highest BCUT2D eigenvalue weighted by Gasteiger charge is 2.29. The van der Waals surface area contributed by atoms with Crippen molar-refractivity contribution in [3.63, 3.8) is 0 Å². The van der Waals surface area contributed by atoms with Crippen LogP contribution in [0.15, 0.2) is 36.4 Å². The number of rotatable bonds is 1. The molecule has 0 saturated heterocycles. The molecular weight excluding hydrogens is 352 g/mol. The molecular formula is C24H32O4. The topological polar surface area (TPSA) is 58.9 Å². The Morgan fingerprint density at radius 2 is 1.71 bits per heavy atom. The molecule has 2 aromatic carbocycles. The molecule has 2 aliphatic heterocycles. The van der Waals surface area contributed by atoms with E-state index in [1.165, 1.54) is 6.07 Å². The van der Waals surface area contributed by atoms with E-state index in [0.29, 0.717) is 6.61 Å². The highest BCUT2D eigenvalue weighted by Crippen LogP contribution is 2.44. The zero-order chi connectivity index (χ0) is 20.9. The van der Waals surface area contributed by atoms with Gasteiger partial charge in [0.1, 0.15) is 28.6 Å². The van der Waals surface area contributed by atoms with E-state index in [-0.39, 0.29) is 23.0 Å². The normalized spacial score (nSPS) is 18.0. The van der Waals surface area contributed by atoms with Gasteiger partial charge < -0.3 is 19.7 Å². The molecule has 2 aromatic rings. The summed E-state index contributed by atoms with van der Waals surface area (Å²) in [6.45, 7) is 12.5. The van der Waals surface area contributed by atoms with Gasteiger partial charge >= 0.3 is 0 Å². The molecule has 0 aromatic heterocycles. The quantitative estimate of drug-likeness (QED) is 0.628. The van der Waals surface area contributed by atoms with Crippen LogP contribution in [-0.2, 0) is 6.42 Å². The predicted octanol–water partition coefficient (Wildman–Crippen LogP) is 6.05. The van der Waals surface area contributed by atoms with E-state index in [4.69, 9.17) is 9.47 Å². The summed E-state index contributed by atoms with van der Waals surface area (Å²) in [6, 6.07) is 8.74. The van der Waals surface area contributed by atoms with E-state index >= 15 is 0 Å². The highest BCUT2D eigenvalue weighted by molar-refractivity contribution is 5.69. The third kappa shape index (κ3) is 4.44. The lowest BCUT2D eigenvalue weighted by Gasteiger charge is -2.32. The van der Waals surface area contributed by atoms with Gasteiger partial charge in [0.05, 0.1) is 12.2 Å². The Balaban J connectivity index is 0.000000660. The maximum Gasteiger partial charge on any atom is 0.133 e. The molecule has 0 amide bonds. The Kier molecular flexibility index (Phi) is 7.00. The summed E-state index contributed by atoms with van der Waals surface area (Å²) >= 11 is 0. The summed E-state index contributed by atoms with van der Waals surface area (Å²) in [5, 5.41) is 19.6. The van der Waals surface area contributed by atoms with Crippen molar-refractivity contribution in [2.45, 2.75) is 59.5 Å². The molecule has 1 unspecified atom stereocenters. The Bertz CT molecular complexity index is 837. The summed E-state index contributed by atoms with van der Waals surface area (Å²) in [5.74, 6) is 1.93. The predicted molar refractivity (Wildman–Crippen MR) is 115 cm³/mol. The summed E-state index contributed by atoms with van der Waals surface area (Å²) < 4.78 is 12.0. The molecule has 4 rings (SSSR count). The van der Waals surface area contributed by atoms with Crippen LogP contribution in [0.5, 0.6) is 23.0 Å². The van der Waals surface area contributed by atoms with Gasteiger partial charge in [-0.3, -0.25) is 0 Å². The van der Waals surface area contributed by atoms with Gasteiger partial charge in [0.15, 0.2) is 0 Å². The molecule has 0 radical (unpaired) electrons. The van der Waals surface area contributed by atoms with Gasteiger partial charge in [0.25, 0.3) is 0 Å². The van der Waals surface area contributed by atoms with Crippen molar-refractivity contribution in [3.05, 3.63) is 53.1 Å². The minimum atomic E-state index is -0.309. The van der Waals surface area contributed by atoms with Crippen LogP contribution >= 0.6 is 0 Å². The SMILES string of the molecule is CC.CC.CC1(C)C=Cc2c(ccc3c2OCC(c2ccc(O)cc2O)C3)O1. The van der Waals surface area contributed by atoms with Crippen LogP contribution in [0.3, 0.4) is 0 Å². The average molecular weight is 385 g/mol. The van der Waals surface area contributed by atoms with Crippen LogP contribution in [0.1, 0.15) is 64.2 Å². The highest BCUT2D eigenvalue weighted by atomic mass is 16.5. The number of ether oxygens (including phenoxy) is 2. The molecule has 1 atom stereocenters. The molecule has 2 heterocycles. The molecule has 28 heavy (non-hydrogen) atoms. The fourth-order valence-electron chi connectivity index (χ4n) is 3.39. The first-order chi connectivity index (χ1) is 13.4. The number of phenolic OH excluding ortho intramolecular Hbond substituents is 2. The second-order valence-corrected chi connectivity index (χ2v) is 6.96. The van der Waals surface area contributed by atoms with E-state index in [2.05, 4.69) is 6.08 Å². The van der Waals surface area contributed by atoms with Crippen molar-refractivity contribution in [2.75, 3.05) is 6.61 Å². The van der Waals surface area contributed by atoms with E-state index in [9.17, 15) is 10.2 Å². The van der Waals surface area contributed by atoms with Crippen LogP contribution in [0.4, 0.5) is 0 Å². The van der Waals surface area contributed by atoms with Crippen LogP contribution in [0, 0.1) is 0 Å². The zero-order valence-electron chi connectivity index (χ0n) is 17.7. The lowest BCUT2D eigenvalue weighted by Crippen LogP contribution is -2.28.